The van der Waals surface area contributed by atoms with Crippen LogP contribution in [0.15, 0.2) is 45.5 Å². The Balaban J connectivity index is 1.19. The summed E-state index contributed by atoms with van der Waals surface area (Å²) in [4.78, 5) is 24.2. The van der Waals surface area contributed by atoms with Gasteiger partial charge in [0.05, 0.1) is 17.3 Å². The Hall–Kier alpha value is -3.42. The highest BCUT2D eigenvalue weighted by atomic mass is 16.5. The third-order valence-electron chi connectivity index (χ3n) is 4.45. The molecule has 0 bridgehead atoms. The number of carbonyl (C=O) groups excluding carboxylic acids is 1. The molecule has 0 aliphatic rings. The Morgan fingerprint density at radius 3 is 2.93 bits per heavy atom. The lowest BCUT2D eigenvalue weighted by Gasteiger charge is -2.03. The zero-order chi connectivity index (χ0) is 19.3. The van der Waals surface area contributed by atoms with Crippen LogP contribution in [0, 0.1) is 6.92 Å². The molecule has 0 atom stereocenters. The molecule has 0 radical (unpaired) electrons. The van der Waals surface area contributed by atoms with Gasteiger partial charge in [-0.3, -0.25) is 4.79 Å². The molecule has 1 aromatic carbocycles. The highest BCUT2D eigenvalue weighted by Crippen LogP contribution is 2.17. The standard InChI is InChI=1S/C20H21N5O3/c1-13-5-2-6-14-19(13)23-16(22-14)10-11-21-17(26)8-3-9-18-24-20(25-28-18)15-7-4-12-27-15/h2,4-7,12H,3,8-11H2,1H3,(H,21,26)(H,22,23). The van der Waals surface area contributed by atoms with Crippen LogP contribution >= 0.6 is 0 Å². The molecule has 0 saturated carbocycles. The first kappa shape index (κ1) is 18.0. The lowest BCUT2D eigenvalue weighted by Crippen LogP contribution is -2.25. The van der Waals surface area contributed by atoms with Gasteiger partial charge in [0.15, 0.2) is 5.76 Å². The van der Waals surface area contributed by atoms with E-state index in [2.05, 4.69) is 25.4 Å². The second-order valence-electron chi connectivity index (χ2n) is 6.60. The van der Waals surface area contributed by atoms with Crippen LogP contribution < -0.4 is 5.32 Å². The fourth-order valence-corrected chi connectivity index (χ4v) is 3.02. The number of amides is 1. The molecule has 8 nitrogen and oxygen atoms in total. The normalized spacial score (nSPS) is 11.2. The third kappa shape index (κ3) is 4.11. The van der Waals surface area contributed by atoms with Crippen molar-refractivity contribution in [1.82, 2.24) is 25.4 Å². The number of carbonyl (C=O) groups is 1. The zero-order valence-electron chi connectivity index (χ0n) is 15.6. The summed E-state index contributed by atoms with van der Waals surface area (Å²) in [6.45, 7) is 2.58. The number of rotatable bonds is 8. The zero-order valence-corrected chi connectivity index (χ0v) is 15.6. The van der Waals surface area contributed by atoms with Gasteiger partial charge >= 0.3 is 0 Å². The van der Waals surface area contributed by atoms with E-state index in [0.29, 0.717) is 49.7 Å². The Kier molecular flexibility index (Phi) is 5.18. The van der Waals surface area contributed by atoms with Gasteiger partial charge in [-0.2, -0.15) is 4.98 Å². The van der Waals surface area contributed by atoms with Crippen molar-refractivity contribution in [3.05, 3.63) is 53.9 Å². The van der Waals surface area contributed by atoms with Gasteiger partial charge in [-0.05, 0) is 37.1 Å². The van der Waals surface area contributed by atoms with E-state index in [1.54, 1.807) is 18.4 Å². The van der Waals surface area contributed by atoms with Gasteiger partial charge in [0.2, 0.25) is 17.6 Å². The van der Waals surface area contributed by atoms with Gasteiger partial charge < -0.3 is 19.2 Å². The van der Waals surface area contributed by atoms with Crippen LogP contribution in [-0.4, -0.2) is 32.6 Å². The Labute approximate surface area is 161 Å². The summed E-state index contributed by atoms with van der Waals surface area (Å²) in [6.07, 6.45) is 3.80. The average Bonchev–Trinajstić information content (AvgIpc) is 3.42. The highest BCUT2D eigenvalue weighted by molar-refractivity contribution is 5.78. The number of furan rings is 1. The number of nitrogens with zero attached hydrogens (tertiary/aromatic N) is 3. The molecule has 144 valence electrons. The summed E-state index contributed by atoms with van der Waals surface area (Å²) >= 11 is 0. The summed E-state index contributed by atoms with van der Waals surface area (Å²) in [6, 6.07) is 9.58. The van der Waals surface area contributed by atoms with E-state index in [9.17, 15) is 4.79 Å². The second-order valence-corrected chi connectivity index (χ2v) is 6.60. The van der Waals surface area contributed by atoms with E-state index in [-0.39, 0.29) is 5.91 Å². The molecule has 0 fully saturated rings. The number of benzene rings is 1. The monoisotopic (exact) mass is 379 g/mol. The predicted molar refractivity (Wildman–Crippen MR) is 102 cm³/mol. The molecule has 0 aliphatic heterocycles. The third-order valence-corrected chi connectivity index (χ3v) is 4.45. The molecule has 0 spiro atoms. The lowest BCUT2D eigenvalue weighted by atomic mass is 10.2. The SMILES string of the molecule is Cc1cccc2[nH]c(CCNC(=O)CCCc3nc(-c4ccco4)no3)nc12. The minimum Gasteiger partial charge on any atom is -0.461 e. The van der Waals surface area contributed by atoms with Crippen molar-refractivity contribution in [3.63, 3.8) is 0 Å². The van der Waals surface area contributed by atoms with Crippen LogP contribution in [0.4, 0.5) is 0 Å². The van der Waals surface area contributed by atoms with Gasteiger partial charge in [0.1, 0.15) is 5.82 Å². The molecule has 0 saturated heterocycles. The van der Waals surface area contributed by atoms with Crippen LogP contribution in [0.2, 0.25) is 0 Å². The van der Waals surface area contributed by atoms with E-state index in [1.165, 1.54) is 0 Å². The number of aromatic amines is 1. The van der Waals surface area contributed by atoms with Gasteiger partial charge in [-0.25, -0.2) is 4.98 Å². The molecule has 0 aliphatic carbocycles. The minimum atomic E-state index is -0.00179. The molecular formula is C20H21N5O3. The maximum Gasteiger partial charge on any atom is 0.238 e. The number of aryl methyl sites for hydroxylation is 2. The van der Waals surface area contributed by atoms with E-state index >= 15 is 0 Å². The van der Waals surface area contributed by atoms with Crippen molar-refractivity contribution >= 4 is 16.9 Å². The number of aromatic nitrogens is 4. The van der Waals surface area contributed by atoms with Crippen LogP contribution in [0.25, 0.3) is 22.6 Å². The molecule has 0 unspecified atom stereocenters. The average molecular weight is 379 g/mol. The second kappa shape index (κ2) is 8.08. The fourth-order valence-electron chi connectivity index (χ4n) is 3.02. The number of para-hydroxylation sites is 1. The van der Waals surface area contributed by atoms with Gasteiger partial charge in [-0.15, -0.1) is 0 Å². The summed E-state index contributed by atoms with van der Waals surface area (Å²) in [7, 11) is 0. The molecule has 3 heterocycles. The summed E-state index contributed by atoms with van der Waals surface area (Å²) < 4.78 is 10.4. The Bertz CT molecular complexity index is 1060. The van der Waals surface area contributed by atoms with E-state index in [1.807, 2.05) is 25.1 Å². The van der Waals surface area contributed by atoms with Crippen molar-refractivity contribution in [2.24, 2.45) is 0 Å². The first-order chi connectivity index (χ1) is 13.7. The molecule has 2 N–H and O–H groups in total. The quantitative estimate of drug-likeness (QED) is 0.486. The number of nitrogens with one attached hydrogen (secondary N) is 2. The molecular weight excluding hydrogens is 358 g/mol. The van der Waals surface area contributed by atoms with Crippen molar-refractivity contribution in [2.45, 2.75) is 32.6 Å². The molecule has 4 aromatic rings. The van der Waals surface area contributed by atoms with Crippen LogP contribution in [0.1, 0.15) is 30.1 Å². The van der Waals surface area contributed by atoms with Crippen molar-refractivity contribution < 1.29 is 13.7 Å². The summed E-state index contributed by atoms with van der Waals surface area (Å²) in [5.74, 6) is 2.36. The minimum absolute atomic E-state index is 0.00179. The number of imidazole rings is 1. The Morgan fingerprint density at radius 1 is 1.18 bits per heavy atom. The molecule has 3 aromatic heterocycles. The van der Waals surface area contributed by atoms with E-state index < -0.39 is 0 Å². The first-order valence-corrected chi connectivity index (χ1v) is 9.26. The lowest BCUT2D eigenvalue weighted by molar-refractivity contribution is -0.121. The predicted octanol–water partition coefficient (Wildman–Crippen LogP) is 3.20. The summed E-state index contributed by atoms with van der Waals surface area (Å²) in [5, 5.41) is 6.80. The van der Waals surface area contributed by atoms with Gasteiger partial charge in [-0.1, -0.05) is 17.3 Å². The van der Waals surface area contributed by atoms with Crippen LogP contribution in [0.5, 0.6) is 0 Å². The maximum atomic E-state index is 12.0. The first-order valence-electron chi connectivity index (χ1n) is 9.26. The smallest absolute Gasteiger partial charge is 0.238 e. The van der Waals surface area contributed by atoms with Crippen molar-refractivity contribution in [2.75, 3.05) is 6.54 Å². The van der Waals surface area contributed by atoms with Gasteiger partial charge in [0.25, 0.3) is 0 Å². The van der Waals surface area contributed by atoms with Gasteiger partial charge in [0, 0.05) is 25.8 Å². The largest absolute Gasteiger partial charge is 0.461 e. The Morgan fingerprint density at radius 2 is 2.11 bits per heavy atom. The highest BCUT2D eigenvalue weighted by Gasteiger charge is 2.11. The number of hydrogen-bond acceptors (Lipinski definition) is 6. The fraction of sp³-hybridized carbons (Fsp3) is 0.300. The van der Waals surface area contributed by atoms with Crippen LogP contribution in [-0.2, 0) is 17.6 Å². The topological polar surface area (TPSA) is 110 Å². The number of fused-ring (bicyclic) bond motifs is 1. The van der Waals surface area contributed by atoms with E-state index in [4.69, 9.17) is 8.94 Å². The number of H-pyrrole nitrogens is 1. The molecule has 8 heteroatoms. The molecule has 1 amide bonds. The van der Waals surface area contributed by atoms with E-state index in [0.717, 1.165) is 22.4 Å². The molecule has 4 rings (SSSR count). The summed E-state index contributed by atoms with van der Waals surface area (Å²) in [5.41, 5.74) is 3.15. The van der Waals surface area contributed by atoms with Crippen molar-refractivity contribution in [1.29, 1.82) is 0 Å². The molecule has 28 heavy (non-hydrogen) atoms. The van der Waals surface area contributed by atoms with Crippen molar-refractivity contribution in [3.8, 4) is 11.6 Å². The number of hydrogen-bond donors (Lipinski definition) is 2. The maximum absolute atomic E-state index is 12.0. The van der Waals surface area contributed by atoms with Crippen LogP contribution in [0.3, 0.4) is 0 Å².